The number of rotatable bonds is 6. The zero-order valence-electron chi connectivity index (χ0n) is 15.7. The zero-order valence-corrected chi connectivity index (χ0v) is 15.7. The second kappa shape index (κ2) is 8.05. The molecule has 4 aromatic rings. The van der Waals surface area contributed by atoms with Crippen LogP contribution in [0.2, 0.25) is 0 Å². The van der Waals surface area contributed by atoms with Gasteiger partial charge in [0.05, 0.1) is 5.52 Å². The Labute approximate surface area is 160 Å². The first-order valence-corrected chi connectivity index (χ1v) is 9.54. The highest BCUT2D eigenvalue weighted by molar-refractivity contribution is 5.89. The topological polar surface area (TPSA) is 24.9 Å². The van der Waals surface area contributed by atoms with E-state index in [0.717, 1.165) is 36.3 Å². The lowest BCUT2D eigenvalue weighted by molar-refractivity contribution is 0.860. The minimum atomic E-state index is 0.902. The first-order valence-electron chi connectivity index (χ1n) is 9.54. The normalized spacial score (nSPS) is 10.9. The number of aryl methyl sites for hydroxylation is 2. The van der Waals surface area contributed by atoms with Gasteiger partial charge in [0.1, 0.15) is 5.82 Å². The van der Waals surface area contributed by atoms with Gasteiger partial charge in [0.25, 0.3) is 0 Å². The Bertz CT molecular complexity index is 1020. The maximum Gasteiger partial charge on any atom is 0.134 e. The van der Waals surface area contributed by atoms with Crippen LogP contribution >= 0.6 is 0 Å². The quantitative estimate of drug-likeness (QED) is 0.415. The lowest BCUT2D eigenvalue weighted by atomic mass is 10.0. The van der Waals surface area contributed by atoms with E-state index in [4.69, 9.17) is 4.98 Å². The number of nitrogens with one attached hydrogen (secondary N) is 1. The molecular weight excluding hydrogens is 328 g/mol. The van der Waals surface area contributed by atoms with Gasteiger partial charge in [-0.15, -0.1) is 0 Å². The van der Waals surface area contributed by atoms with Crippen molar-refractivity contribution >= 4 is 16.7 Å². The van der Waals surface area contributed by atoms with Crippen LogP contribution in [0.15, 0.2) is 84.9 Å². The SMILES string of the molecule is Cc1ccc(-c2cc3ccccc3nc2NCCCc2ccccc2)cc1. The molecule has 0 saturated heterocycles. The van der Waals surface area contributed by atoms with Crippen molar-refractivity contribution in [2.45, 2.75) is 19.8 Å². The summed E-state index contributed by atoms with van der Waals surface area (Å²) in [5.74, 6) is 0.964. The van der Waals surface area contributed by atoms with Gasteiger partial charge in [0.2, 0.25) is 0 Å². The van der Waals surface area contributed by atoms with Crippen LogP contribution in [-0.4, -0.2) is 11.5 Å². The van der Waals surface area contributed by atoms with Crippen molar-refractivity contribution in [1.82, 2.24) is 4.98 Å². The molecule has 0 aliphatic carbocycles. The summed E-state index contributed by atoms with van der Waals surface area (Å²) in [7, 11) is 0. The van der Waals surface area contributed by atoms with Crippen LogP contribution in [0.5, 0.6) is 0 Å². The predicted molar refractivity (Wildman–Crippen MR) is 115 cm³/mol. The van der Waals surface area contributed by atoms with E-state index >= 15 is 0 Å². The summed E-state index contributed by atoms with van der Waals surface area (Å²) in [5, 5.41) is 4.75. The van der Waals surface area contributed by atoms with Gasteiger partial charge in [-0.05, 0) is 43.0 Å². The van der Waals surface area contributed by atoms with Gasteiger partial charge in [0, 0.05) is 17.5 Å². The third-order valence-corrected chi connectivity index (χ3v) is 4.86. The maximum absolute atomic E-state index is 4.91. The Morgan fingerprint density at radius 1 is 0.815 bits per heavy atom. The molecule has 134 valence electrons. The molecule has 0 atom stereocenters. The molecule has 0 aliphatic heterocycles. The first kappa shape index (κ1) is 17.3. The van der Waals surface area contributed by atoms with Gasteiger partial charge < -0.3 is 5.32 Å². The van der Waals surface area contributed by atoms with Crippen LogP contribution in [0.4, 0.5) is 5.82 Å². The third-order valence-electron chi connectivity index (χ3n) is 4.86. The summed E-state index contributed by atoms with van der Waals surface area (Å²) in [5.41, 5.74) is 6.03. The van der Waals surface area contributed by atoms with Gasteiger partial charge in [-0.2, -0.15) is 0 Å². The lowest BCUT2D eigenvalue weighted by Gasteiger charge is -2.13. The molecule has 0 bridgehead atoms. The lowest BCUT2D eigenvalue weighted by Crippen LogP contribution is -2.06. The monoisotopic (exact) mass is 352 g/mol. The minimum Gasteiger partial charge on any atom is -0.370 e. The molecular formula is C25H24N2. The highest BCUT2D eigenvalue weighted by atomic mass is 15.0. The van der Waals surface area contributed by atoms with Gasteiger partial charge in [-0.3, -0.25) is 0 Å². The molecule has 1 N–H and O–H groups in total. The molecule has 0 unspecified atom stereocenters. The Morgan fingerprint density at radius 3 is 2.37 bits per heavy atom. The van der Waals surface area contributed by atoms with Crippen molar-refractivity contribution in [2.75, 3.05) is 11.9 Å². The molecule has 0 spiro atoms. The fourth-order valence-electron chi connectivity index (χ4n) is 3.35. The molecule has 0 fully saturated rings. The van der Waals surface area contributed by atoms with E-state index in [2.05, 4.69) is 91.1 Å². The van der Waals surface area contributed by atoms with Crippen molar-refractivity contribution in [3.63, 3.8) is 0 Å². The Balaban J connectivity index is 1.57. The largest absolute Gasteiger partial charge is 0.370 e. The Morgan fingerprint density at radius 2 is 1.56 bits per heavy atom. The third kappa shape index (κ3) is 4.17. The number of anilines is 1. The summed E-state index contributed by atoms with van der Waals surface area (Å²) in [4.78, 5) is 4.91. The molecule has 0 radical (unpaired) electrons. The van der Waals surface area contributed by atoms with Crippen LogP contribution in [0.25, 0.3) is 22.0 Å². The number of para-hydroxylation sites is 1. The summed E-state index contributed by atoms with van der Waals surface area (Å²) in [6.07, 6.45) is 2.15. The molecule has 27 heavy (non-hydrogen) atoms. The smallest absolute Gasteiger partial charge is 0.134 e. The van der Waals surface area contributed by atoms with Crippen LogP contribution in [0.3, 0.4) is 0 Å². The first-order chi connectivity index (χ1) is 13.3. The Hall–Kier alpha value is -3.13. The van der Waals surface area contributed by atoms with Gasteiger partial charge in [-0.1, -0.05) is 78.4 Å². The summed E-state index contributed by atoms with van der Waals surface area (Å²) in [6.45, 7) is 3.02. The molecule has 1 heterocycles. The van der Waals surface area contributed by atoms with E-state index in [1.165, 1.54) is 22.1 Å². The fraction of sp³-hybridized carbons (Fsp3) is 0.160. The minimum absolute atomic E-state index is 0.902. The summed E-state index contributed by atoms with van der Waals surface area (Å²) >= 11 is 0. The average Bonchev–Trinajstić information content (AvgIpc) is 2.72. The number of pyridine rings is 1. The van der Waals surface area contributed by atoms with Crippen LogP contribution < -0.4 is 5.32 Å². The summed E-state index contributed by atoms with van der Waals surface area (Å²) in [6, 6.07) is 29.9. The van der Waals surface area contributed by atoms with E-state index in [-0.39, 0.29) is 0 Å². The van der Waals surface area contributed by atoms with Crippen molar-refractivity contribution in [2.24, 2.45) is 0 Å². The van der Waals surface area contributed by atoms with E-state index in [9.17, 15) is 0 Å². The second-order valence-corrected chi connectivity index (χ2v) is 6.96. The number of benzene rings is 3. The number of hydrogen-bond donors (Lipinski definition) is 1. The van der Waals surface area contributed by atoms with Crippen LogP contribution in [0.1, 0.15) is 17.5 Å². The van der Waals surface area contributed by atoms with E-state index < -0.39 is 0 Å². The highest BCUT2D eigenvalue weighted by Crippen LogP contribution is 2.30. The van der Waals surface area contributed by atoms with Crippen LogP contribution in [-0.2, 0) is 6.42 Å². The maximum atomic E-state index is 4.91. The molecule has 0 saturated carbocycles. The molecule has 1 aromatic heterocycles. The molecule has 3 aromatic carbocycles. The number of hydrogen-bond acceptors (Lipinski definition) is 2. The predicted octanol–water partition coefficient (Wildman–Crippen LogP) is 6.25. The summed E-state index contributed by atoms with van der Waals surface area (Å²) < 4.78 is 0. The highest BCUT2D eigenvalue weighted by Gasteiger charge is 2.09. The van der Waals surface area contributed by atoms with Gasteiger partial charge in [-0.25, -0.2) is 4.98 Å². The molecule has 2 nitrogen and oxygen atoms in total. The van der Waals surface area contributed by atoms with Crippen LogP contribution in [0, 0.1) is 6.92 Å². The second-order valence-electron chi connectivity index (χ2n) is 6.96. The molecule has 2 heteroatoms. The van der Waals surface area contributed by atoms with Gasteiger partial charge in [0.15, 0.2) is 0 Å². The van der Waals surface area contributed by atoms with Crippen molar-refractivity contribution in [1.29, 1.82) is 0 Å². The number of aromatic nitrogens is 1. The molecule has 0 aliphatic rings. The fourth-order valence-corrected chi connectivity index (χ4v) is 3.35. The van der Waals surface area contributed by atoms with Crippen molar-refractivity contribution < 1.29 is 0 Å². The standard InChI is InChI=1S/C25H24N2/c1-19-13-15-21(16-14-19)23-18-22-11-5-6-12-24(22)27-25(23)26-17-7-10-20-8-3-2-4-9-20/h2-6,8-9,11-16,18H,7,10,17H2,1H3,(H,26,27). The van der Waals surface area contributed by atoms with Gasteiger partial charge >= 0.3 is 0 Å². The molecule has 4 rings (SSSR count). The number of fused-ring (bicyclic) bond motifs is 1. The van der Waals surface area contributed by atoms with Crippen molar-refractivity contribution in [3.8, 4) is 11.1 Å². The van der Waals surface area contributed by atoms with E-state index in [1.54, 1.807) is 0 Å². The zero-order chi connectivity index (χ0) is 18.5. The van der Waals surface area contributed by atoms with E-state index in [0.29, 0.717) is 0 Å². The average molecular weight is 352 g/mol. The number of nitrogens with zero attached hydrogens (tertiary/aromatic N) is 1. The van der Waals surface area contributed by atoms with E-state index in [1.807, 2.05) is 6.07 Å². The molecule has 0 amide bonds. The Kier molecular flexibility index (Phi) is 5.15. The van der Waals surface area contributed by atoms with Crippen molar-refractivity contribution in [3.05, 3.63) is 96.1 Å².